The summed E-state index contributed by atoms with van der Waals surface area (Å²) in [6.45, 7) is 0.424. The second-order valence-corrected chi connectivity index (χ2v) is 11.7. The van der Waals surface area contributed by atoms with Gasteiger partial charge >= 0.3 is 0 Å². The summed E-state index contributed by atoms with van der Waals surface area (Å²) >= 11 is 0. The third-order valence-electron chi connectivity index (χ3n) is 8.93. The van der Waals surface area contributed by atoms with Gasteiger partial charge in [0.1, 0.15) is 5.54 Å². The fourth-order valence-electron chi connectivity index (χ4n) is 6.35. The minimum atomic E-state index is -1.08. The molecule has 2 heterocycles. The number of nitrogens with zero attached hydrogens (tertiary/aromatic N) is 4. The SMILES string of the molecule is CN(C(=O)C(=O)c1ccccc1)C1(C(=O)N(Cc2ccccc2)C(CCc2ccncc2)CCc2ccncc2)CCCC1. The fourth-order valence-corrected chi connectivity index (χ4v) is 6.35. The van der Waals surface area contributed by atoms with E-state index in [0.717, 1.165) is 55.2 Å². The van der Waals surface area contributed by atoms with Gasteiger partial charge in [0.25, 0.3) is 5.91 Å². The van der Waals surface area contributed by atoms with Crippen molar-refractivity contribution in [1.82, 2.24) is 19.8 Å². The topological polar surface area (TPSA) is 83.5 Å². The van der Waals surface area contributed by atoms with Gasteiger partial charge < -0.3 is 9.80 Å². The van der Waals surface area contributed by atoms with E-state index in [0.29, 0.717) is 24.9 Å². The second-order valence-electron chi connectivity index (χ2n) is 11.7. The first kappa shape index (κ1) is 30.8. The Morgan fingerprint density at radius 2 is 1.20 bits per heavy atom. The Morgan fingerprint density at radius 1 is 0.705 bits per heavy atom. The Labute approximate surface area is 260 Å². The predicted molar refractivity (Wildman–Crippen MR) is 171 cm³/mol. The van der Waals surface area contributed by atoms with E-state index < -0.39 is 17.2 Å². The lowest BCUT2D eigenvalue weighted by atomic mass is 9.89. The van der Waals surface area contributed by atoms with Crippen molar-refractivity contribution < 1.29 is 14.4 Å². The van der Waals surface area contributed by atoms with Crippen LogP contribution in [0.4, 0.5) is 0 Å². The summed E-state index contributed by atoms with van der Waals surface area (Å²) in [6, 6.07) is 26.6. The number of pyridine rings is 2. The molecule has 2 aromatic carbocycles. The van der Waals surface area contributed by atoms with Gasteiger partial charge in [0.2, 0.25) is 11.7 Å². The third kappa shape index (κ3) is 7.28. The van der Waals surface area contributed by atoms with Gasteiger partial charge in [-0.1, -0.05) is 73.5 Å². The van der Waals surface area contributed by atoms with Gasteiger partial charge in [-0.25, -0.2) is 0 Å². The first-order valence-corrected chi connectivity index (χ1v) is 15.5. The Hall–Kier alpha value is -4.65. The highest BCUT2D eigenvalue weighted by atomic mass is 16.2. The lowest BCUT2D eigenvalue weighted by molar-refractivity contribution is -0.153. The van der Waals surface area contributed by atoms with Crippen molar-refractivity contribution in [3.05, 3.63) is 132 Å². The first-order valence-electron chi connectivity index (χ1n) is 15.5. The molecular weight excluding hydrogens is 548 g/mol. The maximum absolute atomic E-state index is 15.0. The molecule has 1 aliphatic carbocycles. The third-order valence-corrected chi connectivity index (χ3v) is 8.93. The molecule has 1 saturated carbocycles. The maximum atomic E-state index is 15.0. The molecule has 0 spiro atoms. The zero-order valence-corrected chi connectivity index (χ0v) is 25.3. The number of benzene rings is 2. The Kier molecular flexibility index (Phi) is 10.3. The molecule has 44 heavy (non-hydrogen) atoms. The number of carbonyl (C=O) groups is 3. The van der Waals surface area contributed by atoms with Gasteiger partial charge in [-0.05, 0) is 79.5 Å². The summed E-state index contributed by atoms with van der Waals surface area (Å²) in [5, 5.41) is 0. The number of carbonyl (C=O) groups excluding carboxylic acids is 3. The van der Waals surface area contributed by atoms with E-state index in [1.807, 2.05) is 65.6 Å². The van der Waals surface area contributed by atoms with E-state index in [1.54, 1.807) is 56.1 Å². The molecular formula is C37H40N4O3. The molecule has 7 nitrogen and oxygen atoms in total. The standard InChI is InChI=1S/C37H40N4O3/c1-40(35(43)34(42)32-12-6-3-7-13-32)37(22-8-9-23-37)36(44)41(28-31-10-4-2-5-11-31)33(16-14-29-18-24-38-25-19-29)17-15-30-20-26-39-27-21-30/h2-7,10-13,18-21,24-27,33H,8-9,14-17,22-23,28H2,1H3. The minimum Gasteiger partial charge on any atom is -0.333 e. The molecule has 0 aliphatic heterocycles. The van der Waals surface area contributed by atoms with Crippen molar-refractivity contribution >= 4 is 17.6 Å². The van der Waals surface area contributed by atoms with Crippen LogP contribution in [0.5, 0.6) is 0 Å². The number of hydrogen-bond donors (Lipinski definition) is 0. The highest BCUT2D eigenvalue weighted by Gasteiger charge is 2.50. The second kappa shape index (κ2) is 14.7. The molecule has 5 rings (SSSR count). The van der Waals surface area contributed by atoms with Crippen LogP contribution < -0.4 is 0 Å². The van der Waals surface area contributed by atoms with E-state index >= 15 is 4.79 Å². The highest BCUT2D eigenvalue weighted by molar-refractivity contribution is 6.43. The molecule has 1 aliphatic rings. The zero-order chi connectivity index (χ0) is 30.8. The number of rotatable bonds is 13. The number of amides is 2. The lowest BCUT2D eigenvalue weighted by Crippen LogP contribution is -2.61. The van der Waals surface area contributed by atoms with Gasteiger partial charge in [0.05, 0.1) is 0 Å². The molecule has 2 aromatic heterocycles. The van der Waals surface area contributed by atoms with Crippen molar-refractivity contribution in [2.45, 2.75) is 69.5 Å². The number of ketones is 1. The molecule has 4 aromatic rings. The smallest absolute Gasteiger partial charge is 0.295 e. The van der Waals surface area contributed by atoms with E-state index in [9.17, 15) is 9.59 Å². The molecule has 0 radical (unpaired) electrons. The van der Waals surface area contributed by atoms with Crippen molar-refractivity contribution in [3.8, 4) is 0 Å². The van der Waals surface area contributed by atoms with Gasteiger partial charge in [-0.2, -0.15) is 0 Å². The van der Waals surface area contributed by atoms with Crippen LogP contribution >= 0.6 is 0 Å². The Balaban J connectivity index is 1.49. The molecule has 0 unspecified atom stereocenters. The summed E-state index contributed by atoms with van der Waals surface area (Å²) in [7, 11) is 1.63. The van der Waals surface area contributed by atoms with Crippen LogP contribution in [0.2, 0.25) is 0 Å². The van der Waals surface area contributed by atoms with Crippen LogP contribution in [0.3, 0.4) is 0 Å². The fraction of sp³-hybridized carbons (Fsp3) is 0.324. The van der Waals surface area contributed by atoms with Gasteiger partial charge in [-0.15, -0.1) is 0 Å². The van der Waals surface area contributed by atoms with E-state index in [4.69, 9.17) is 0 Å². The number of aryl methyl sites for hydroxylation is 2. The number of likely N-dealkylation sites (N-methyl/N-ethyl adjacent to an activating group) is 1. The summed E-state index contributed by atoms with van der Waals surface area (Å²) in [6.07, 6.45) is 13.0. The lowest BCUT2D eigenvalue weighted by Gasteiger charge is -2.43. The Bertz CT molecular complexity index is 1460. The van der Waals surface area contributed by atoms with Gasteiger partial charge in [0.15, 0.2) is 0 Å². The average Bonchev–Trinajstić information content (AvgIpc) is 3.59. The summed E-state index contributed by atoms with van der Waals surface area (Å²) in [4.78, 5) is 53.8. The maximum Gasteiger partial charge on any atom is 0.295 e. The normalized spacial score (nSPS) is 13.9. The number of hydrogen-bond acceptors (Lipinski definition) is 5. The molecule has 0 saturated heterocycles. The van der Waals surface area contributed by atoms with E-state index in [2.05, 4.69) is 9.97 Å². The molecule has 1 fully saturated rings. The summed E-state index contributed by atoms with van der Waals surface area (Å²) < 4.78 is 0. The van der Waals surface area contributed by atoms with Crippen LogP contribution in [0.15, 0.2) is 110 Å². The van der Waals surface area contributed by atoms with Gasteiger partial charge in [-0.3, -0.25) is 24.4 Å². The average molecular weight is 589 g/mol. The minimum absolute atomic E-state index is 0.0787. The highest BCUT2D eigenvalue weighted by Crippen LogP contribution is 2.38. The van der Waals surface area contributed by atoms with Crippen LogP contribution in [-0.2, 0) is 29.0 Å². The quantitative estimate of drug-likeness (QED) is 0.139. The molecule has 2 amide bonds. The van der Waals surface area contributed by atoms with Gasteiger partial charge in [0, 0.05) is 50.0 Å². The van der Waals surface area contributed by atoms with Crippen molar-refractivity contribution in [1.29, 1.82) is 0 Å². The zero-order valence-electron chi connectivity index (χ0n) is 25.3. The van der Waals surface area contributed by atoms with Crippen LogP contribution in [0.1, 0.15) is 65.6 Å². The van der Waals surface area contributed by atoms with Crippen LogP contribution in [0.25, 0.3) is 0 Å². The molecule has 0 N–H and O–H groups in total. The molecule has 7 heteroatoms. The largest absolute Gasteiger partial charge is 0.333 e. The molecule has 0 atom stereocenters. The molecule has 0 bridgehead atoms. The molecule has 226 valence electrons. The van der Waals surface area contributed by atoms with Crippen molar-refractivity contribution in [3.63, 3.8) is 0 Å². The van der Waals surface area contributed by atoms with E-state index in [-0.39, 0.29) is 11.9 Å². The predicted octanol–water partition coefficient (Wildman–Crippen LogP) is 6.09. The van der Waals surface area contributed by atoms with Crippen molar-refractivity contribution in [2.75, 3.05) is 7.05 Å². The van der Waals surface area contributed by atoms with Crippen molar-refractivity contribution in [2.24, 2.45) is 0 Å². The first-order chi connectivity index (χ1) is 21.5. The Morgan fingerprint density at radius 3 is 1.73 bits per heavy atom. The summed E-state index contributed by atoms with van der Waals surface area (Å²) in [5.41, 5.74) is 2.61. The van der Waals surface area contributed by atoms with E-state index in [1.165, 1.54) is 4.90 Å². The monoisotopic (exact) mass is 588 g/mol. The van der Waals surface area contributed by atoms with Crippen LogP contribution in [-0.4, -0.2) is 56.0 Å². The summed E-state index contributed by atoms with van der Waals surface area (Å²) in [5.74, 6) is -1.31. The number of Topliss-reactive ketones (excluding diaryl/α,β-unsaturated/α-hetero) is 1. The van der Waals surface area contributed by atoms with Crippen LogP contribution in [0, 0.1) is 0 Å². The number of aromatic nitrogens is 2.